The lowest BCUT2D eigenvalue weighted by atomic mass is 9.92. The van der Waals surface area contributed by atoms with Crippen LogP contribution in [0, 0.1) is 27.7 Å². The molecule has 0 saturated heterocycles. The molecule has 0 N–H and O–H groups in total. The van der Waals surface area contributed by atoms with Gasteiger partial charge in [-0.2, -0.15) is 0 Å². The van der Waals surface area contributed by atoms with E-state index >= 15 is 0 Å². The number of furan rings is 1. The fourth-order valence-electron chi connectivity index (χ4n) is 7.04. The van der Waals surface area contributed by atoms with Gasteiger partial charge in [-0.3, -0.25) is 19.9 Å². The van der Waals surface area contributed by atoms with Crippen LogP contribution in [0.1, 0.15) is 22.3 Å². The molecule has 5 aromatic heterocycles. The summed E-state index contributed by atoms with van der Waals surface area (Å²) < 4.78 is 6.39. The third-order valence-electron chi connectivity index (χ3n) is 9.39. The van der Waals surface area contributed by atoms with Crippen LogP contribution in [-0.2, 0) is 0 Å². The van der Waals surface area contributed by atoms with Crippen molar-refractivity contribution in [1.82, 2.24) is 19.9 Å². The molecule has 0 aliphatic rings. The molecule has 0 bridgehead atoms. The second kappa shape index (κ2) is 9.41. The molecule has 0 aliphatic carbocycles. The minimum atomic E-state index is 0.866. The lowest BCUT2D eigenvalue weighted by Gasteiger charge is -2.13. The van der Waals surface area contributed by atoms with Crippen molar-refractivity contribution >= 4 is 65.6 Å². The summed E-state index contributed by atoms with van der Waals surface area (Å²) in [6.45, 7) is 8.56. The van der Waals surface area contributed by atoms with Gasteiger partial charge in [0.2, 0.25) is 0 Å². The summed E-state index contributed by atoms with van der Waals surface area (Å²) in [4.78, 5) is 19.1. The fourth-order valence-corrected chi connectivity index (χ4v) is 7.04. The third kappa shape index (κ3) is 3.74. The molecule has 5 nitrogen and oxygen atoms in total. The normalized spacial score (nSPS) is 12.0. The predicted octanol–water partition coefficient (Wildman–Crippen LogP) is 10.3. The van der Waals surface area contributed by atoms with E-state index in [9.17, 15) is 0 Å². The quantitative estimate of drug-likeness (QED) is 0.190. The molecule has 0 atom stereocenters. The Kier molecular flexibility index (Phi) is 5.39. The van der Waals surface area contributed by atoms with E-state index in [-0.39, 0.29) is 0 Å². The highest BCUT2D eigenvalue weighted by Gasteiger charge is 2.18. The van der Waals surface area contributed by atoms with Gasteiger partial charge in [-0.25, -0.2) is 0 Å². The van der Waals surface area contributed by atoms with E-state index in [1.807, 2.05) is 24.8 Å². The molecule has 0 amide bonds. The fraction of sp³-hybridized carbons (Fsp3) is 0.100. The Morgan fingerprint density at radius 2 is 0.800 bits per heavy atom. The van der Waals surface area contributed by atoms with Crippen LogP contribution in [0.5, 0.6) is 0 Å². The Balaban J connectivity index is 1.32. The standard InChI is InChI=1S/C40H28N4O/c1-21-9-13-41-37-27(21)19-29(35-23(3)11-15-43-39(35)37)25-5-7-33-31(17-25)32-18-26(6-8-34(32)45-33)30-20-28-22(2)10-14-42-38(28)40-36(30)24(4)12-16-44-40/h5-20H,1-4H3. The van der Waals surface area contributed by atoms with Crippen molar-refractivity contribution in [3.8, 4) is 22.3 Å². The largest absolute Gasteiger partial charge is 0.456 e. The molecule has 9 rings (SSSR count). The summed E-state index contributed by atoms with van der Waals surface area (Å²) in [7, 11) is 0. The molecule has 9 aromatic rings. The van der Waals surface area contributed by atoms with Crippen molar-refractivity contribution in [2.24, 2.45) is 0 Å². The Hall–Kier alpha value is -5.68. The average molecular weight is 581 g/mol. The summed E-state index contributed by atoms with van der Waals surface area (Å²) in [5.74, 6) is 0. The Morgan fingerprint density at radius 1 is 0.400 bits per heavy atom. The molecule has 5 heteroatoms. The van der Waals surface area contributed by atoms with E-state index in [4.69, 9.17) is 24.4 Å². The van der Waals surface area contributed by atoms with Crippen LogP contribution in [-0.4, -0.2) is 19.9 Å². The zero-order chi connectivity index (χ0) is 30.4. The summed E-state index contributed by atoms with van der Waals surface area (Å²) in [6, 6.07) is 25.9. The smallest absolute Gasteiger partial charge is 0.135 e. The van der Waals surface area contributed by atoms with Gasteiger partial charge >= 0.3 is 0 Å². The van der Waals surface area contributed by atoms with E-state index in [0.717, 1.165) is 87.8 Å². The minimum absolute atomic E-state index is 0.866. The first-order chi connectivity index (χ1) is 22.0. The minimum Gasteiger partial charge on any atom is -0.456 e. The molecule has 0 aliphatic heterocycles. The number of fused-ring (bicyclic) bond motifs is 9. The number of benzene rings is 4. The molecular weight excluding hydrogens is 552 g/mol. The molecule has 0 spiro atoms. The highest BCUT2D eigenvalue weighted by molar-refractivity contribution is 6.16. The van der Waals surface area contributed by atoms with Crippen LogP contribution in [0.2, 0.25) is 0 Å². The van der Waals surface area contributed by atoms with Gasteiger partial charge in [-0.1, -0.05) is 12.1 Å². The van der Waals surface area contributed by atoms with Gasteiger partial charge < -0.3 is 4.42 Å². The Bertz CT molecular complexity index is 2520. The number of nitrogens with zero attached hydrogens (tertiary/aromatic N) is 4. The lowest BCUT2D eigenvalue weighted by Crippen LogP contribution is -1.93. The zero-order valence-corrected chi connectivity index (χ0v) is 25.4. The van der Waals surface area contributed by atoms with E-state index in [2.05, 4.69) is 100 Å². The monoisotopic (exact) mass is 580 g/mol. The SMILES string of the molecule is Cc1ccnc2c1cc(-c1ccc3oc4ccc(-c5cc6c(C)ccnc6c6nccc(C)c56)cc4c3c1)c1c(C)ccnc12. The molecular formula is C40H28N4O. The number of aryl methyl sites for hydroxylation is 4. The Labute approximate surface area is 259 Å². The molecule has 0 fully saturated rings. The number of aromatic nitrogens is 4. The van der Waals surface area contributed by atoms with E-state index in [1.54, 1.807) is 0 Å². The molecule has 0 unspecified atom stereocenters. The third-order valence-corrected chi connectivity index (χ3v) is 9.39. The maximum Gasteiger partial charge on any atom is 0.135 e. The molecule has 0 radical (unpaired) electrons. The van der Waals surface area contributed by atoms with Crippen molar-refractivity contribution in [2.75, 3.05) is 0 Å². The van der Waals surface area contributed by atoms with Crippen molar-refractivity contribution in [2.45, 2.75) is 27.7 Å². The lowest BCUT2D eigenvalue weighted by molar-refractivity contribution is 0.669. The first-order valence-electron chi connectivity index (χ1n) is 15.2. The van der Waals surface area contributed by atoms with E-state index < -0.39 is 0 Å². The van der Waals surface area contributed by atoms with Crippen LogP contribution in [0.3, 0.4) is 0 Å². The predicted molar refractivity (Wildman–Crippen MR) is 185 cm³/mol. The summed E-state index contributed by atoms with van der Waals surface area (Å²) in [5, 5.41) is 6.67. The maximum absolute atomic E-state index is 6.39. The first-order valence-corrected chi connectivity index (χ1v) is 15.2. The van der Waals surface area contributed by atoms with E-state index in [0.29, 0.717) is 0 Å². The van der Waals surface area contributed by atoms with Gasteiger partial charge in [-0.05, 0) is 133 Å². The molecule has 4 aromatic carbocycles. The van der Waals surface area contributed by atoms with Gasteiger partial charge in [0.15, 0.2) is 0 Å². The second-order valence-corrected chi connectivity index (χ2v) is 12.1. The molecule has 0 saturated carbocycles. The second-order valence-electron chi connectivity index (χ2n) is 12.1. The number of hydrogen-bond acceptors (Lipinski definition) is 5. The van der Waals surface area contributed by atoms with Gasteiger partial charge in [0.25, 0.3) is 0 Å². The average Bonchev–Trinajstić information content (AvgIpc) is 3.42. The van der Waals surface area contributed by atoms with Crippen molar-refractivity contribution in [1.29, 1.82) is 0 Å². The highest BCUT2D eigenvalue weighted by Crippen LogP contribution is 2.41. The van der Waals surface area contributed by atoms with Gasteiger partial charge in [0.1, 0.15) is 11.2 Å². The number of hydrogen-bond donors (Lipinski definition) is 0. The summed E-state index contributed by atoms with van der Waals surface area (Å²) >= 11 is 0. The van der Waals surface area contributed by atoms with Crippen LogP contribution in [0.25, 0.3) is 87.8 Å². The summed E-state index contributed by atoms with van der Waals surface area (Å²) in [5.41, 5.74) is 14.7. The zero-order valence-electron chi connectivity index (χ0n) is 25.4. The highest BCUT2D eigenvalue weighted by atomic mass is 16.3. The first kappa shape index (κ1) is 25.8. The van der Waals surface area contributed by atoms with Gasteiger partial charge in [0, 0.05) is 57.1 Å². The molecule has 214 valence electrons. The Morgan fingerprint density at radius 3 is 1.24 bits per heavy atom. The summed E-state index contributed by atoms with van der Waals surface area (Å²) in [6.07, 6.45) is 7.50. The van der Waals surface area contributed by atoms with Gasteiger partial charge in [-0.15, -0.1) is 0 Å². The van der Waals surface area contributed by atoms with Crippen LogP contribution < -0.4 is 0 Å². The topological polar surface area (TPSA) is 64.7 Å². The molecule has 5 heterocycles. The molecule has 45 heavy (non-hydrogen) atoms. The number of rotatable bonds is 2. The number of pyridine rings is 4. The van der Waals surface area contributed by atoms with Crippen molar-refractivity contribution in [3.63, 3.8) is 0 Å². The van der Waals surface area contributed by atoms with Crippen LogP contribution in [0.15, 0.2) is 102 Å². The van der Waals surface area contributed by atoms with Gasteiger partial charge in [0.05, 0.1) is 22.1 Å². The van der Waals surface area contributed by atoms with Crippen molar-refractivity contribution < 1.29 is 4.42 Å². The van der Waals surface area contributed by atoms with Crippen LogP contribution in [0.4, 0.5) is 0 Å². The van der Waals surface area contributed by atoms with E-state index in [1.165, 1.54) is 22.3 Å². The maximum atomic E-state index is 6.39. The van der Waals surface area contributed by atoms with Crippen molar-refractivity contribution in [3.05, 3.63) is 120 Å². The van der Waals surface area contributed by atoms with Crippen LogP contribution >= 0.6 is 0 Å².